The zero-order chi connectivity index (χ0) is 19.7. The quantitative estimate of drug-likeness (QED) is 0.553. The fourth-order valence-electron chi connectivity index (χ4n) is 2.41. The predicted molar refractivity (Wildman–Crippen MR) is 103 cm³/mol. The average Bonchev–Trinajstić information content (AvgIpc) is 2.47. The van der Waals surface area contributed by atoms with Crippen LogP contribution < -0.4 is 5.32 Å². The Bertz CT molecular complexity index is 579. The number of nitrogens with zero attached hydrogens (tertiary/aromatic N) is 1. The number of hydrogen-bond donors (Lipinski definition) is 1. The third-order valence-electron chi connectivity index (χ3n) is 3.65. The van der Waals surface area contributed by atoms with E-state index in [1.807, 2.05) is 45.9 Å². The summed E-state index contributed by atoms with van der Waals surface area (Å²) >= 11 is 0. The highest BCUT2D eigenvalue weighted by Gasteiger charge is 2.30. The fourth-order valence-corrected chi connectivity index (χ4v) is 2.41. The first kappa shape index (κ1) is 21.8. The molecule has 0 bridgehead atoms. The van der Waals surface area contributed by atoms with E-state index in [-0.39, 0.29) is 18.4 Å². The standard InChI is InChI=1S/C20H32N2O4/c1-7-8-9-10-17(11-15(2)12-18(23)25-6)22-13-16(14-22)21-19(24)26-20(3,4)5/h8-11,16H,7,12-14H2,1-6H3,(H,21,24)/b9-8+,15-11+,17-10+. The monoisotopic (exact) mass is 364 g/mol. The molecule has 0 aromatic heterocycles. The van der Waals surface area contributed by atoms with Crippen molar-refractivity contribution >= 4 is 12.1 Å². The lowest BCUT2D eigenvalue weighted by Gasteiger charge is -2.42. The lowest BCUT2D eigenvalue weighted by molar-refractivity contribution is -0.139. The molecule has 0 aromatic rings. The van der Waals surface area contributed by atoms with Crippen molar-refractivity contribution < 1.29 is 19.1 Å². The molecule has 0 aliphatic carbocycles. The molecule has 6 heteroatoms. The Balaban J connectivity index is 2.67. The lowest BCUT2D eigenvalue weighted by Crippen LogP contribution is -2.59. The molecule has 146 valence electrons. The van der Waals surface area contributed by atoms with Crippen LogP contribution in [-0.4, -0.2) is 48.8 Å². The molecule has 1 saturated heterocycles. The number of carbonyl (C=O) groups excluding carboxylic acids is 2. The van der Waals surface area contributed by atoms with Gasteiger partial charge in [0.05, 0.1) is 19.6 Å². The number of methoxy groups -OCH3 is 1. The van der Waals surface area contributed by atoms with Gasteiger partial charge in [-0.25, -0.2) is 4.79 Å². The first-order valence-electron chi connectivity index (χ1n) is 9.00. The summed E-state index contributed by atoms with van der Waals surface area (Å²) in [5.74, 6) is -0.254. The summed E-state index contributed by atoms with van der Waals surface area (Å²) in [6, 6.07) is 0.0534. The van der Waals surface area contributed by atoms with Gasteiger partial charge in [-0.05, 0) is 46.3 Å². The number of likely N-dealkylation sites (tertiary alicyclic amines) is 1. The number of esters is 1. The number of amides is 1. The number of ether oxygens (including phenoxy) is 2. The molecule has 0 atom stereocenters. The average molecular weight is 364 g/mol. The molecule has 0 unspecified atom stereocenters. The molecule has 0 radical (unpaired) electrons. The maximum absolute atomic E-state index is 11.8. The first-order valence-corrected chi connectivity index (χ1v) is 9.00. The van der Waals surface area contributed by atoms with Gasteiger partial charge in [-0.3, -0.25) is 4.79 Å². The van der Waals surface area contributed by atoms with Gasteiger partial charge in [0.2, 0.25) is 0 Å². The van der Waals surface area contributed by atoms with Crippen LogP contribution in [0.15, 0.2) is 35.6 Å². The lowest BCUT2D eigenvalue weighted by atomic mass is 10.1. The third kappa shape index (κ3) is 8.23. The first-order chi connectivity index (χ1) is 12.1. The Labute approximate surface area is 156 Å². The third-order valence-corrected chi connectivity index (χ3v) is 3.65. The molecule has 1 N–H and O–H groups in total. The Kier molecular flexibility index (Phi) is 8.42. The van der Waals surface area contributed by atoms with Crippen LogP contribution in [0.5, 0.6) is 0 Å². The molecule has 0 saturated carbocycles. The molecule has 0 aromatic carbocycles. The minimum Gasteiger partial charge on any atom is -0.469 e. The molecule has 1 heterocycles. The van der Waals surface area contributed by atoms with Gasteiger partial charge < -0.3 is 19.7 Å². The van der Waals surface area contributed by atoms with E-state index < -0.39 is 11.7 Å². The molecule has 1 amide bonds. The molecule has 6 nitrogen and oxygen atoms in total. The number of alkyl carbamates (subject to hydrolysis) is 1. The number of hydrogen-bond acceptors (Lipinski definition) is 5. The van der Waals surface area contributed by atoms with Gasteiger partial charge in [0.15, 0.2) is 0 Å². The van der Waals surface area contributed by atoms with E-state index >= 15 is 0 Å². The van der Waals surface area contributed by atoms with Gasteiger partial charge in [-0.1, -0.05) is 24.6 Å². The van der Waals surface area contributed by atoms with E-state index in [4.69, 9.17) is 9.47 Å². The smallest absolute Gasteiger partial charge is 0.407 e. The van der Waals surface area contributed by atoms with E-state index in [2.05, 4.69) is 23.2 Å². The van der Waals surface area contributed by atoms with Crippen molar-refractivity contribution in [3.05, 3.63) is 35.6 Å². The zero-order valence-electron chi connectivity index (χ0n) is 16.8. The van der Waals surface area contributed by atoms with Crippen molar-refractivity contribution in [1.29, 1.82) is 0 Å². The highest BCUT2D eigenvalue weighted by molar-refractivity contribution is 5.72. The van der Waals surface area contributed by atoms with Crippen LogP contribution in [-0.2, 0) is 14.3 Å². The molecule has 1 rings (SSSR count). The summed E-state index contributed by atoms with van der Waals surface area (Å²) in [7, 11) is 1.39. The van der Waals surface area contributed by atoms with Gasteiger partial charge in [0, 0.05) is 18.8 Å². The minimum absolute atomic E-state index is 0.0534. The van der Waals surface area contributed by atoms with Crippen LogP contribution in [0.1, 0.15) is 47.5 Å². The maximum Gasteiger partial charge on any atom is 0.407 e. The summed E-state index contributed by atoms with van der Waals surface area (Å²) in [5, 5.41) is 2.88. The van der Waals surface area contributed by atoms with E-state index in [1.54, 1.807) is 0 Å². The SMILES string of the molecule is CC/C=C/C=C(\C=C(/C)CC(=O)OC)N1CC(NC(=O)OC(C)(C)C)C1. The van der Waals surface area contributed by atoms with Crippen LogP contribution in [0.25, 0.3) is 0 Å². The Morgan fingerprint density at radius 1 is 1.27 bits per heavy atom. The van der Waals surface area contributed by atoms with Gasteiger partial charge >= 0.3 is 12.1 Å². The summed E-state index contributed by atoms with van der Waals surface area (Å²) in [6.45, 7) is 10.9. The topological polar surface area (TPSA) is 67.9 Å². The summed E-state index contributed by atoms with van der Waals surface area (Å²) in [5.41, 5.74) is 1.44. The van der Waals surface area contributed by atoms with Crippen molar-refractivity contribution in [3.63, 3.8) is 0 Å². The second-order valence-corrected chi connectivity index (χ2v) is 7.42. The van der Waals surface area contributed by atoms with Crippen molar-refractivity contribution in [2.75, 3.05) is 20.2 Å². The van der Waals surface area contributed by atoms with Crippen molar-refractivity contribution in [2.45, 2.75) is 59.1 Å². The normalized spacial score (nSPS) is 16.5. The van der Waals surface area contributed by atoms with E-state index in [0.717, 1.165) is 17.7 Å². The summed E-state index contributed by atoms with van der Waals surface area (Å²) in [4.78, 5) is 25.4. The summed E-state index contributed by atoms with van der Waals surface area (Å²) in [6.07, 6.45) is 8.91. The molecule has 0 spiro atoms. The van der Waals surface area contributed by atoms with Gasteiger partial charge in [0.25, 0.3) is 0 Å². The van der Waals surface area contributed by atoms with Gasteiger partial charge in [-0.15, -0.1) is 0 Å². The largest absolute Gasteiger partial charge is 0.469 e. The maximum atomic E-state index is 11.8. The fraction of sp³-hybridized carbons (Fsp3) is 0.600. The van der Waals surface area contributed by atoms with Crippen LogP contribution in [0.2, 0.25) is 0 Å². The van der Waals surface area contributed by atoms with Crippen molar-refractivity contribution in [1.82, 2.24) is 10.2 Å². The molecular weight excluding hydrogens is 332 g/mol. The second kappa shape index (κ2) is 10.0. The molecule has 1 fully saturated rings. The summed E-state index contributed by atoms with van der Waals surface area (Å²) < 4.78 is 10.00. The Hall–Kier alpha value is -2.24. The van der Waals surface area contributed by atoms with E-state index in [1.165, 1.54) is 7.11 Å². The molecule has 26 heavy (non-hydrogen) atoms. The van der Waals surface area contributed by atoms with Crippen molar-refractivity contribution in [3.8, 4) is 0 Å². The molecule has 1 aliphatic heterocycles. The van der Waals surface area contributed by atoms with Crippen molar-refractivity contribution in [2.24, 2.45) is 0 Å². The molecular formula is C20H32N2O4. The van der Waals surface area contributed by atoms with Crippen LogP contribution in [0.4, 0.5) is 4.79 Å². The Morgan fingerprint density at radius 3 is 2.46 bits per heavy atom. The number of nitrogens with one attached hydrogen (secondary N) is 1. The molecule has 1 aliphatic rings. The number of carbonyl (C=O) groups is 2. The van der Waals surface area contributed by atoms with Gasteiger partial charge in [-0.2, -0.15) is 0 Å². The van der Waals surface area contributed by atoms with Crippen LogP contribution in [0.3, 0.4) is 0 Å². The highest BCUT2D eigenvalue weighted by Crippen LogP contribution is 2.20. The second-order valence-electron chi connectivity index (χ2n) is 7.42. The minimum atomic E-state index is -0.503. The number of rotatable bonds is 7. The van der Waals surface area contributed by atoms with Crippen LogP contribution >= 0.6 is 0 Å². The van der Waals surface area contributed by atoms with Gasteiger partial charge in [0.1, 0.15) is 5.60 Å². The van der Waals surface area contributed by atoms with E-state index in [9.17, 15) is 9.59 Å². The van der Waals surface area contributed by atoms with E-state index in [0.29, 0.717) is 13.1 Å². The zero-order valence-corrected chi connectivity index (χ0v) is 16.8. The number of allylic oxidation sites excluding steroid dienone is 4. The Morgan fingerprint density at radius 2 is 1.92 bits per heavy atom. The predicted octanol–water partition coefficient (Wildman–Crippen LogP) is 3.55. The highest BCUT2D eigenvalue weighted by atomic mass is 16.6. The van der Waals surface area contributed by atoms with Crippen LogP contribution in [0, 0.1) is 0 Å².